The van der Waals surface area contributed by atoms with Gasteiger partial charge in [-0.15, -0.1) is 0 Å². The highest BCUT2D eigenvalue weighted by Gasteiger charge is 2.31. The lowest BCUT2D eigenvalue weighted by molar-refractivity contribution is -0.918. The fourth-order valence-corrected chi connectivity index (χ4v) is 4.69. The molecule has 2 rings (SSSR count). The first-order chi connectivity index (χ1) is 12.4. The van der Waals surface area contributed by atoms with Crippen LogP contribution < -0.4 is 4.74 Å². The minimum atomic E-state index is -0.416. The molecule has 0 spiro atoms. The SMILES string of the molecule is CC1CC[N+](C)(C[C@H](O)COc2ccc(C(C)(C)CC(C)(C)C)cc2)CC1. The third kappa shape index (κ3) is 7.12. The Morgan fingerprint density at radius 1 is 1.07 bits per heavy atom. The zero-order chi connectivity index (χ0) is 20.3. The molecular weight excluding hydrogens is 334 g/mol. The Morgan fingerprint density at radius 2 is 1.63 bits per heavy atom. The summed E-state index contributed by atoms with van der Waals surface area (Å²) >= 11 is 0. The summed E-state index contributed by atoms with van der Waals surface area (Å²) in [6.07, 6.45) is 3.24. The second-order valence-corrected chi connectivity index (χ2v) is 11.0. The van der Waals surface area contributed by atoms with E-state index >= 15 is 0 Å². The van der Waals surface area contributed by atoms with Gasteiger partial charge in [0.2, 0.25) is 0 Å². The lowest BCUT2D eigenvalue weighted by atomic mass is 9.72. The van der Waals surface area contributed by atoms with Gasteiger partial charge in [-0.1, -0.05) is 53.7 Å². The van der Waals surface area contributed by atoms with Crippen molar-refractivity contribution in [2.75, 3.05) is 33.3 Å². The summed E-state index contributed by atoms with van der Waals surface area (Å²) in [6, 6.07) is 8.44. The van der Waals surface area contributed by atoms with E-state index in [4.69, 9.17) is 4.74 Å². The highest BCUT2D eigenvalue weighted by atomic mass is 16.5. The molecule has 0 bridgehead atoms. The van der Waals surface area contributed by atoms with E-state index in [2.05, 4.69) is 60.7 Å². The molecule has 1 atom stereocenters. The first-order valence-electron chi connectivity index (χ1n) is 10.6. The Balaban J connectivity index is 1.86. The van der Waals surface area contributed by atoms with Crippen LogP contribution in [0.3, 0.4) is 0 Å². The van der Waals surface area contributed by atoms with Crippen LogP contribution in [0, 0.1) is 11.3 Å². The average Bonchev–Trinajstić information content (AvgIpc) is 2.54. The summed E-state index contributed by atoms with van der Waals surface area (Å²) < 4.78 is 6.85. The number of hydrogen-bond donors (Lipinski definition) is 1. The van der Waals surface area contributed by atoms with E-state index in [9.17, 15) is 5.11 Å². The lowest BCUT2D eigenvalue weighted by Gasteiger charge is -2.41. The minimum absolute atomic E-state index is 0.139. The molecule has 0 amide bonds. The van der Waals surface area contributed by atoms with Crippen molar-refractivity contribution >= 4 is 0 Å². The largest absolute Gasteiger partial charge is 0.491 e. The summed E-state index contributed by atoms with van der Waals surface area (Å²) in [4.78, 5) is 0. The first kappa shape index (κ1) is 22.2. The van der Waals surface area contributed by atoms with Gasteiger partial charge in [0.05, 0.1) is 20.1 Å². The number of rotatable bonds is 7. The van der Waals surface area contributed by atoms with Crippen LogP contribution in [0.5, 0.6) is 5.75 Å². The van der Waals surface area contributed by atoms with Gasteiger partial charge in [-0.2, -0.15) is 0 Å². The topological polar surface area (TPSA) is 29.5 Å². The minimum Gasteiger partial charge on any atom is -0.491 e. The third-order valence-electron chi connectivity index (χ3n) is 6.03. The number of aliphatic hydroxyl groups excluding tert-OH is 1. The van der Waals surface area contributed by atoms with Gasteiger partial charge in [-0.3, -0.25) is 0 Å². The fourth-order valence-electron chi connectivity index (χ4n) is 4.69. The second kappa shape index (κ2) is 8.53. The molecule has 0 aromatic heterocycles. The summed E-state index contributed by atoms with van der Waals surface area (Å²) in [5.74, 6) is 1.67. The summed E-state index contributed by atoms with van der Waals surface area (Å²) in [7, 11) is 2.27. The molecule has 0 radical (unpaired) electrons. The maximum absolute atomic E-state index is 10.5. The average molecular weight is 377 g/mol. The standard InChI is InChI=1S/C24H42NO2/c1-19-12-14-25(7,15-13-19)16-21(26)17-27-22-10-8-20(9-11-22)24(5,6)18-23(2,3)4/h8-11,19,21,26H,12-18H2,1-7H3/q+1/t19?,21-,25?/m0/s1. The van der Waals surface area contributed by atoms with Crippen molar-refractivity contribution in [1.82, 2.24) is 0 Å². The van der Waals surface area contributed by atoms with Crippen molar-refractivity contribution in [3.8, 4) is 5.75 Å². The molecule has 1 fully saturated rings. The number of likely N-dealkylation sites (N-methyl/N-ethyl adjacent to an activating group) is 1. The molecule has 3 heteroatoms. The number of piperidine rings is 1. The van der Waals surface area contributed by atoms with Crippen LogP contribution in [0.25, 0.3) is 0 Å². The molecule has 1 saturated heterocycles. The van der Waals surface area contributed by atoms with Crippen molar-refractivity contribution in [3.63, 3.8) is 0 Å². The van der Waals surface area contributed by atoms with Crippen molar-refractivity contribution in [2.45, 2.75) is 72.3 Å². The van der Waals surface area contributed by atoms with Crippen LogP contribution in [-0.2, 0) is 5.41 Å². The Bertz CT molecular complexity index is 577. The van der Waals surface area contributed by atoms with Crippen LogP contribution in [0.2, 0.25) is 0 Å². The fraction of sp³-hybridized carbons (Fsp3) is 0.750. The number of ether oxygens (including phenoxy) is 1. The quantitative estimate of drug-likeness (QED) is 0.677. The predicted octanol–water partition coefficient (Wildman–Crippen LogP) is 5.02. The number of quaternary nitrogens is 1. The molecule has 1 heterocycles. The molecule has 1 aromatic carbocycles. The molecule has 154 valence electrons. The summed E-state index contributed by atoms with van der Waals surface area (Å²) in [5.41, 5.74) is 1.78. The maximum atomic E-state index is 10.5. The molecule has 1 aromatic rings. The molecular formula is C24H42NO2+. The van der Waals surface area contributed by atoms with Crippen LogP contribution in [0.4, 0.5) is 0 Å². The summed E-state index contributed by atoms with van der Waals surface area (Å²) in [5, 5.41) is 10.5. The number of nitrogens with zero attached hydrogens (tertiary/aromatic N) is 1. The molecule has 3 nitrogen and oxygen atoms in total. The second-order valence-electron chi connectivity index (χ2n) is 11.0. The van der Waals surface area contributed by atoms with E-state index in [0.29, 0.717) is 12.0 Å². The highest BCUT2D eigenvalue weighted by Crippen LogP contribution is 2.36. The van der Waals surface area contributed by atoms with Gasteiger partial charge in [0.1, 0.15) is 25.0 Å². The zero-order valence-corrected chi connectivity index (χ0v) is 18.7. The summed E-state index contributed by atoms with van der Waals surface area (Å²) in [6.45, 7) is 17.3. The molecule has 1 aliphatic heterocycles. The Hall–Kier alpha value is -1.06. The van der Waals surface area contributed by atoms with Crippen molar-refractivity contribution in [2.24, 2.45) is 11.3 Å². The van der Waals surface area contributed by atoms with Gasteiger partial charge in [-0.25, -0.2) is 0 Å². The number of likely N-dealkylation sites (tertiary alicyclic amines) is 1. The predicted molar refractivity (Wildman–Crippen MR) is 114 cm³/mol. The Morgan fingerprint density at radius 3 is 2.15 bits per heavy atom. The third-order valence-corrected chi connectivity index (χ3v) is 6.03. The number of hydrogen-bond acceptors (Lipinski definition) is 2. The molecule has 1 aliphatic rings. The van der Waals surface area contributed by atoms with Gasteiger partial charge >= 0.3 is 0 Å². The molecule has 0 unspecified atom stereocenters. The normalized spacial score (nSPS) is 25.3. The van der Waals surface area contributed by atoms with Crippen LogP contribution >= 0.6 is 0 Å². The van der Waals surface area contributed by atoms with Crippen molar-refractivity contribution in [3.05, 3.63) is 29.8 Å². The van der Waals surface area contributed by atoms with E-state index in [1.165, 1.54) is 18.4 Å². The van der Waals surface area contributed by atoms with Gasteiger partial charge in [0.25, 0.3) is 0 Å². The zero-order valence-electron chi connectivity index (χ0n) is 18.7. The monoisotopic (exact) mass is 376 g/mol. The Kier molecular flexibility index (Phi) is 7.02. The first-order valence-corrected chi connectivity index (χ1v) is 10.6. The van der Waals surface area contributed by atoms with Crippen LogP contribution in [0.15, 0.2) is 24.3 Å². The highest BCUT2D eigenvalue weighted by molar-refractivity contribution is 5.31. The number of aliphatic hydroxyl groups is 1. The number of benzene rings is 1. The van der Waals surface area contributed by atoms with E-state index < -0.39 is 6.10 Å². The van der Waals surface area contributed by atoms with Gasteiger partial charge in [0, 0.05) is 0 Å². The van der Waals surface area contributed by atoms with Gasteiger partial charge in [0.15, 0.2) is 0 Å². The molecule has 1 N–H and O–H groups in total. The van der Waals surface area contributed by atoms with Crippen molar-refractivity contribution in [1.29, 1.82) is 0 Å². The van der Waals surface area contributed by atoms with E-state index in [-0.39, 0.29) is 5.41 Å². The van der Waals surface area contributed by atoms with Crippen LogP contribution in [0.1, 0.15) is 66.4 Å². The van der Waals surface area contributed by atoms with E-state index in [1.54, 1.807) is 0 Å². The molecule has 27 heavy (non-hydrogen) atoms. The van der Waals surface area contributed by atoms with Crippen LogP contribution in [-0.4, -0.2) is 49.0 Å². The van der Waals surface area contributed by atoms with Gasteiger partial charge < -0.3 is 14.3 Å². The lowest BCUT2D eigenvalue weighted by Crippen LogP contribution is -2.54. The molecule has 0 saturated carbocycles. The van der Waals surface area contributed by atoms with Gasteiger partial charge in [-0.05, 0) is 53.7 Å². The Labute approximate surface area is 167 Å². The van der Waals surface area contributed by atoms with E-state index in [1.807, 2.05) is 12.1 Å². The molecule has 0 aliphatic carbocycles. The smallest absolute Gasteiger partial charge is 0.137 e. The van der Waals surface area contributed by atoms with E-state index in [0.717, 1.165) is 42.2 Å². The van der Waals surface area contributed by atoms with Crippen molar-refractivity contribution < 1.29 is 14.3 Å². The maximum Gasteiger partial charge on any atom is 0.137 e.